The van der Waals surface area contributed by atoms with E-state index in [2.05, 4.69) is 20.4 Å². The second kappa shape index (κ2) is 10.8. The second-order valence-electron chi connectivity index (χ2n) is 6.30. The van der Waals surface area contributed by atoms with Gasteiger partial charge in [-0.3, -0.25) is 4.99 Å². The van der Waals surface area contributed by atoms with Crippen LogP contribution < -0.4 is 10.6 Å². The molecule has 2 rings (SSSR count). The molecule has 2 aromatic rings. The first-order chi connectivity index (χ1) is 13.7. The van der Waals surface area contributed by atoms with Gasteiger partial charge >= 0.3 is 6.18 Å². The van der Waals surface area contributed by atoms with Gasteiger partial charge in [0.05, 0.1) is 6.61 Å². The largest absolute Gasteiger partial charge is 0.411 e. The SMILES string of the molecule is CN=C(NCCc1cc(F)cc(F)c1)NCc1ccc(COCC(F)(F)F)cc1. The lowest BCUT2D eigenvalue weighted by Gasteiger charge is -2.12. The summed E-state index contributed by atoms with van der Waals surface area (Å²) >= 11 is 0. The number of rotatable bonds is 8. The van der Waals surface area contributed by atoms with Crippen molar-refractivity contribution >= 4 is 5.96 Å². The van der Waals surface area contributed by atoms with Gasteiger partial charge in [-0.2, -0.15) is 13.2 Å². The zero-order chi connectivity index (χ0) is 21.3. The van der Waals surface area contributed by atoms with Crippen molar-refractivity contribution in [2.45, 2.75) is 25.7 Å². The number of guanidine groups is 1. The van der Waals surface area contributed by atoms with Crippen molar-refractivity contribution in [3.63, 3.8) is 0 Å². The zero-order valence-electron chi connectivity index (χ0n) is 15.8. The van der Waals surface area contributed by atoms with E-state index >= 15 is 0 Å². The Balaban J connectivity index is 1.74. The van der Waals surface area contributed by atoms with Crippen molar-refractivity contribution in [3.05, 3.63) is 70.8 Å². The lowest BCUT2D eigenvalue weighted by molar-refractivity contribution is -0.176. The summed E-state index contributed by atoms with van der Waals surface area (Å²) in [5, 5.41) is 6.14. The van der Waals surface area contributed by atoms with E-state index in [0.29, 0.717) is 36.6 Å². The number of nitrogens with zero attached hydrogens (tertiary/aromatic N) is 1. The Bertz CT molecular complexity index is 787. The average molecular weight is 415 g/mol. The number of halogens is 5. The van der Waals surface area contributed by atoms with Crippen LogP contribution in [0, 0.1) is 11.6 Å². The van der Waals surface area contributed by atoms with Crippen molar-refractivity contribution in [3.8, 4) is 0 Å². The number of aliphatic imine (C=N–C) groups is 1. The Morgan fingerprint density at radius 1 is 0.931 bits per heavy atom. The molecule has 9 heteroatoms. The fraction of sp³-hybridized carbons (Fsp3) is 0.350. The fourth-order valence-electron chi connectivity index (χ4n) is 2.52. The molecule has 158 valence electrons. The maximum Gasteiger partial charge on any atom is 0.411 e. The van der Waals surface area contributed by atoms with E-state index in [9.17, 15) is 22.0 Å². The first-order valence-electron chi connectivity index (χ1n) is 8.87. The van der Waals surface area contributed by atoms with Crippen LogP contribution in [0.3, 0.4) is 0 Å². The van der Waals surface area contributed by atoms with E-state index in [0.717, 1.165) is 11.6 Å². The Kier molecular flexibility index (Phi) is 8.38. The molecular weight excluding hydrogens is 393 g/mol. The smallest absolute Gasteiger partial charge is 0.367 e. The highest BCUT2D eigenvalue weighted by Crippen LogP contribution is 2.16. The number of hydrogen-bond donors (Lipinski definition) is 2. The molecular formula is C20H22F5N3O. The molecule has 0 unspecified atom stereocenters. The number of nitrogens with one attached hydrogen (secondary N) is 2. The quantitative estimate of drug-likeness (QED) is 0.390. The van der Waals surface area contributed by atoms with Crippen LogP contribution in [0.1, 0.15) is 16.7 Å². The molecule has 0 atom stereocenters. The number of benzene rings is 2. The summed E-state index contributed by atoms with van der Waals surface area (Å²) in [6.07, 6.45) is -3.92. The molecule has 0 aliphatic rings. The van der Waals surface area contributed by atoms with Gasteiger partial charge in [0, 0.05) is 26.2 Å². The lowest BCUT2D eigenvalue weighted by Crippen LogP contribution is -2.37. The highest BCUT2D eigenvalue weighted by atomic mass is 19.4. The molecule has 0 aromatic heterocycles. The third-order valence-electron chi connectivity index (χ3n) is 3.87. The fourth-order valence-corrected chi connectivity index (χ4v) is 2.52. The second-order valence-corrected chi connectivity index (χ2v) is 6.30. The predicted octanol–water partition coefficient (Wildman–Crippen LogP) is 3.95. The van der Waals surface area contributed by atoms with E-state index in [4.69, 9.17) is 0 Å². The van der Waals surface area contributed by atoms with Gasteiger partial charge in [0.25, 0.3) is 0 Å². The molecule has 0 fully saturated rings. The zero-order valence-corrected chi connectivity index (χ0v) is 15.8. The van der Waals surface area contributed by atoms with Crippen LogP contribution in [-0.4, -0.2) is 32.3 Å². The minimum atomic E-state index is -4.34. The highest BCUT2D eigenvalue weighted by molar-refractivity contribution is 5.79. The molecule has 0 saturated carbocycles. The Labute approximate surface area is 165 Å². The highest BCUT2D eigenvalue weighted by Gasteiger charge is 2.27. The molecule has 0 radical (unpaired) electrons. The number of alkyl halides is 3. The van der Waals surface area contributed by atoms with Gasteiger partial charge in [0.2, 0.25) is 0 Å². The molecule has 0 amide bonds. The van der Waals surface area contributed by atoms with E-state index < -0.39 is 24.4 Å². The average Bonchev–Trinajstić information content (AvgIpc) is 2.64. The maximum atomic E-state index is 13.2. The van der Waals surface area contributed by atoms with Crippen LogP contribution in [0.15, 0.2) is 47.5 Å². The summed E-state index contributed by atoms with van der Waals surface area (Å²) in [7, 11) is 1.60. The summed E-state index contributed by atoms with van der Waals surface area (Å²) < 4.78 is 67.2. The Hall–Kier alpha value is -2.68. The third kappa shape index (κ3) is 8.91. The summed E-state index contributed by atoms with van der Waals surface area (Å²) in [6, 6.07) is 10.3. The summed E-state index contributed by atoms with van der Waals surface area (Å²) in [4.78, 5) is 4.07. The molecule has 0 heterocycles. The van der Waals surface area contributed by atoms with E-state index in [1.54, 1.807) is 31.3 Å². The molecule has 0 aliphatic carbocycles. The van der Waals surface area contributed by atoms with Crippen molar-refractivity contribution in [1.29, 1.82) is 0 Å². The molecule has 2 aromatic carbocycles. The van der Waals surface area contributed by atoms with Gasteiger partial charge in [-0.05, 0) is 35.2 Å². The van der Waals surface area contributed by atoms with Crippen LogP contribution in [0.2, 0.25) is 0 Å². The van der Waals surface area contributed by atoms with Gasteiger partial charge in [0.15, 0.2) is 5.96 Å². The van der Waals surface area contributed by atoms with Crippen molar-refractivity contribution in [2.75, 3.05) is 20.2 Å². The van der Waals surface area contributed by atoms with E-state index in [1.807, 2.05) is 0 Å². The van der Waals surface area contributed by atoms with Crippen molar-refractivity contribution < 1.29 is 26.7 Å². The number of hydrogen-bond acceptors (Lipinski definition) is 2. The van der Waals surface area contributed by atoms with Gasteiger partial charge in [-0.1, -0.05) is 24.3 Å². The molecule has 2 N–H and O–H groups in total. The molecule has 0 saturated heterocycles. The molecule has 4 nitrogen and oxygen atoms in total. The lowest BCUT2D eigenvalue weighted by atomic mass is 10.1. The van der Waals surface area contributed by atoms with Gasteiger partial charge < -0.3 is 15.4 Å². The Morgan fingerprint density at radius 3 is 2.14 bits per heavy atom. The van der Waals surface area contributed by atoms with Crippen LogP contribution in [0.5, 0.6) is 0 Å². The third-order valence-corrected chi connectivity index (χ3v) is 3.87. The summed E-state index contributed by atoms with van der Waals surface area (Å²) in [6.45, 7) is -0.520. The van der Waals surface area contributed by atoms with Crippen LogP contribution in [0.4, 0.5) is 22.0 Å². The van der Waals surface area contributed by atoms with Gasteiger partial charge in [0.1, 0.15) is 18.2 Å². The molecule has 0 spiro atoms. The first-order valence-corrected chi connectivity index (χ1v) is 8.87. The van der Waals surface area contributed by atoms with E-state index in [-0.39, 0.29) is 6.61 Å². The molecule has 29 heavy (non-hydrogen) atoms. The van der Waals surface area contributed by atoms with Crippen LogP contribution in [0.25, 0.3) is 0 Å². The maximum absolute atomic E-state index is 13.2. The monoisotopic (exact) mass is 415 g/mol. The van der Waals surface area contributed by atoms with Gasteiger partial charge in [-0.25, -0.2) is 8.78 Å². The Morgan fingerprint density at radius 2 is 1.55 bits per heavy atom. The predicted molar refractivity (Wildman–Crippen MR) is 100 cm³/mol. The standard InChI is InChI=1S/C20H22F5N3O/c1-26-19(27-7-6-16-8-17(21)10-18(22)9-16)28-11-14-2-4-15(5-3-14)12-29-13-20(23,24)25/h2-5,8-10H,6-7,11-13H2,1H3,(H2,26,27,28). The van der Waals surface area contributed by atoms with E-state index in [1.165, 1.54) is 12.1 Å². The van der Waals surface area contributed by atoms with Crippen molar-refractivity contribution in [1.82, 2.24) is 10.6 Å². The van der Waals surface area contributed by atoms with Gasteiger partial charge in [-0.15, -0.1) is 0 Å². The van der Waals surface area contributed by atoms with Crippen LogP contribution >= 0.6 is 0 Å². The molecule has 0 bridgehead atoms. The normalized spacial score (nSPS) is 12.1. The van der Waals surface area contributed by atoms with Crippen LogP contribution in [-0.2, 0) is 24.3 Å². The summed E-state index contributed by atoms with van der Waals surface area (Å²) in [5.74, 6) is -0.719. The minimum absolute atomic E-state index is 0.114. The molecule has 0 aliphatic heterocycles. The summed E-state index contributed by atoms with van der Waals surface area (Å²) in [5.41, 5.74) is 2.08. The van der Waals surface area contributed by atoms with Crippen molar-refractivity contribution in [2.24, 2.45) is 4.99 Å². The minimum Gasteiger partial charge on any atom is -0.367 e. The number of ether oxygens (including phenoxy) is 1. The first kappa shape index (κ1) is 22.6. The topological polar surface area (TPSA) is 45.7 Å².